The largest absolute Gasteiger partial charge is 0.460 e. The Morgan fingerprint density at radius 2 is 1.78 bits per heavy atom. The molecule has 0 saturated heterocycles. The summed E-state index contributed by atoms with van der Waals surface area (Å²) in [6, 6.07) is 15.1. The second-order valence-corrected chi connectivity index (χ2v) is 6.13. The average Bonchev–Trinajstić information content (AvgIpc) is 2.47. The molecule has 3 aromatic rings. The highest BCUT2D eigenvalue weighted by Crippen LogP contribution is 2.21. The van der Waals surface area contributed by atoms with Crippen molar-refractivity contribution >= 4 is 21.3 Å². The van der Waals surface area contributed by atoms with Gasteiger partial charge in [-0.1, -0.05) is 30.3 Å². The van der Waals surface area contributed by atoms with Gasteiger partial charge < -0.3 is 8.60 Å². The third-order valence-electron chi connectivity index (χ3n) is 3.18. The molecule has 0 aliphatic rings. The van der Waals surface area contributed by atoms with Crippen LogP contribution in [0, 0.1) is 0 Å². The highest BCUT2D eigenvalue weighted by molar-refractivity contribution is 7.84. The fourth-order valence-electron chi connectivity index (χ4n) is 2.26. The predicted molar refractivity (Wildman–Crippen MR) is 85.5 cm³/mol. The molecule has 0 radical (unpaired) electrons. The smallest absolute Gasteiger partial charge is 0.380 e. The molecular formula is C16H13NO5S. The van der Waals surface area contributed by atoms with Crippen molar-refractivity contribution in [1.82, 2.24) is 0 Å². The first-order valence-corrected chi connectivity index (χ1v) is 8.21. The maximum absolute atomic E-state index is 12.2. The van der Waals surface area contributed by atoms with E-state index in [0.717, 1.165) is 5.56 Å². The molecule has 118 valence electrons. The Kier molecular flexibility index (Phi) is 3.89. The molecule has 7 heteroatoms. The van der Waals surface area contributed by atoms with Crippen molar-refractivity contribution in [1.29, 1.82) is 0 Å². The summed E-state index contributed by atoms with van der Waals surface area (Å²) in [5.74, 6) is 0.483. The predicted octanol–water partition coefficient (Wildman–Crippen LogP) is 1.97. The van der Waals surface area contributed by atoms with Crippen LogP contribution in [0.15, 0.2) is 63.8 Å². The molecule has 1 aromatic heterocycles. The summed E-state index contributed by atoms with van der Waals surface area (Å²) in [5, 5.41) is 5.03. The van der Waals surface area contributed by atoms with Gasteiger partial charge in [0.1, 0.15) is 17.1 Å². The lowest BCUT2D eigenvalue weighted by atomic mass is 10.1. The van der Waals surface area contributed by atoms with Crippen LogP contribution in [-0.2, 0) is 16.7 Å². The third-order valence-corrected chi connectivity index (χ3v) is 3.61. The van der Waals surface area contributed by atoms with E-state index < -0.39 is 10.3 Å². The third kappa shape index (κ3) is 3.77. The molecule has 0 amide bonds. The van der Waals surface area contributed by atoms with Gasteiger partial charge in [0.15, 0.2) is 5.43 Å². The molecule has 0 saturated carbocycles. The fraction of sp³-hybridized carbons (Fsp3) is 0.0625. The van der Waals surface area contributed by atoms with E-state index in [1.54, 1.807) is 0 Å². The highest BCUT2D eigenvalue weighted by Gasteiger charge is 2.10. The first-order valence-electron chi connectivity index (χ1n) is 6.74. The molecule has 0 bridgehead atoms. The van der Waals surface area contributed by atoms with Crippen molar-refractivity contribution in [2.45, 2.75) is 6.42 Å². The van der Waals surface area contributed by atoms with Gasteiger partial charge in [-0.2, -0.15) is 13.6 Å². The fourth-order valence-corrected chi connectivity index (χ4v) is 2.63. The van der Waals surface area contributed by atoms with Crippen molar-refractivity contribution < 1.29 is 17.0 Å². The lowest BCUT2D eigenvalue weighted by Crippen LogP contribution is -2.19. The number of rotatable bonds is 4. The first-order chi connectivity index (χ1) is 10.9. The Bertz CT molecular complexity index is 1010. The molecule has 2 N–H and O–H groups in total. The van der Waals surface area contributed by atoms with Gasteiger partial charge >= 0.3 is 10.3 Å². The maximum atomic E-state index is 12.2. The normalized spacial score (nSPS) is 11.5. The monoisotopic (exact) mass is 331 g/mol. The zero-order valence-electron chi connectivity index (χ0n) is 11.9. The summed E-state index contributed by atoms with van der Waals surface area (Å²) in [6.45, 7) is 0. The van der Waals surface area contributed by atoms with Crippen LogP contribution in [0.2, 0.25) is 0 Å². The lowest BCUT2D eigenvalue weighted by molar-refractivity contribution is 0.487. The summed E-state index contributed by atoms with van der Waals surface area (Å²) >= 11 is 0. The van der Waals surface area contributed by atoms with Gasteiger partial charge in [0.25, 0.3) is 0 Å². The Morgan fingerprint density at radius 1 is 1.04 bits per heavy atom. The topological polar surface area (TPSA) is 99.6 Å². The minimum Gasteiger partial charge on any atom is -0.460 e. The van der Waals surface area contributed by atoms with Gasteiger partial charge in [-0.3, -0.25) is 4.79 Å². The van der Waals surface area contributed by atoms with Crippen molar-refractivity contribution in [3.8, 4) is 5.75 Å². The molecular weight excluding hydrogens is 318 g/mol. The SMILES string of the molecule is NS(=O)(=O)Oc1ccc2oc(Cc3ccccc3)cc(=O)c2c1. The molecule has 23 heavy (non-hydrogen) atoms. The molecule has 0 aliphatic carbocycles. The summed E-state index contributed by atoms with van der Waals surface area (Å²) in [7, 11) is -4.14. The molecule has 2 aromatic carbocycles. The van der Waals surface area contributed by atoms with Crippen LogP contribution < -0.4 is 14.8 Å². The van der Waals surface area contributed by atoms with Crippen LogP contribution in [0.5, 0.6) is 5.75 Å². The van der Waals surface area contributed by atoms with E-state index in [4.69, 9.17) is 9.56 Å². The van der Waals surface area contributed by atoms with Crippen LogP contribution >= 0.6 is 0 Å². The summed E-state index contributed by atoms with van der Waals surface area (Å²) in [4.78, 5) is 12.2. The Balaban J connectivity index is 1.99. The van der Waals surface area contributed by atoms with Crippen LogP contribution in [0.3, 0.4) is 0 Å². The molecule has 0 fully saturated rings. The van der Waals surface area contributed by atoms with Gasteiger partial charge in [-0.05, 0) is 23.8 Å². The first kappa shape index (κ1) is 15.3. The highest BCUT2D eigenvalue weighted by atomic mass is 32.2. The van der Waals surface area contributed by atoms with Crippen LogP contribution in [-0.4, -0.2) is 8.42 Å². The number of hydrogen-bond acceptors (Lipinski definition) is 5. The van der Waals surface area contributed by atoms with E-state index in [0.29, 0.717) is 17.8 Å². The molecule has 6 nitrogen and oxygen atoms in total. The van der Waals surface area contributed by atoms with E-state index in [1.165, 1.54) is 24.3 Å². The van der Waals surface area contributed by atoms with E-state index in [-0.39, 0.29) is 16.6 Å². The van der Waals surface area contributed by atoms with Crippen molar-refractivity contribution in [2.75, 3.05) is 0 Å². The molecule has 0 atom stereocenters. The second-order valence-electron chi connectivity index (χ2n) is 4.97. The summed E-state index contributed by atoms with van der Waals surface area (Å²) < 4.78 is 32.1. The maximum Gasteiger partial charge on any atom is 0.380 e. The minimum atomic E-state index is -4.14. The zero-order chi connectivity index (χ0) is 16.4. The van der Waals surface area contributed by atoms with E-state index in [9.17, 15) is 13.2 Å². The van der Waals surface area contributed by atoms with Gasteiger partial charge in [0, 0.05) is 12.5 Å². The van der Waals surface area contributed by atoms with Gasteiger partial charge in [-0.25, -0.2) is 0 Å². The zero-order valence-corrected chi connectivity index (χ0v) is 12.7. The minimum absolute atomic E-state index is 0.0388. The van der Waals surface area contributed by atoms with Gasteiger partial charge in [0.05, 0.1) is 5.39 Å². The summed E-state index contributed by atoms with van der Waals surface area (Å²) in [5.41, 5.74) is 1.09. The molecule has 3 rings (SSSR count). The number of benzene rings is 2. The number of nitrogens with two attached hydrogens (primary N) is 1. The van der Waals surface area contributed by atoms with E-state index >= 15 is 0 Å². The molecule has 0 unspecified atom stereocenters. The number of hydrogen-bond donors (Lipinski definition) is 1. The van der Waals surface area contributed by atoms with Crippen molar-refractivity contribution in [3.05, 3.63) is 76.1 Å². The quantitative estimate of drug-likeness (QED) is 0.788. The second kappa shape index (κ2) is 5.86. The van der Waals surface area contributed by atoms with E-state index in [2.05, 4.69) is 4.18 Å². The molecule has 0 aliphatic heterocycles. The lowest BCUT2D eigenvalue weighted by Gasteiger charge is -2.06. The number of fused-ring (bicyclic) bond motifs is 1. The Morgan fingerprint density at radius 3 is 2.48 bits per heavy atom. The summed E-state index contributed by atoms with van der Waals surface area (Å²) in [6.07, 6.45) is 0.488. The molecule has 1 heterocycles. The Labute approximate surface area is 132 Å². The molecule has 0 spiro atoms. The van der Waals surface area contributed by atoms with E-state index in [1.807, 2.05) is 30.3 Å². The van der Waals surface area contributed by atoms with Crippen molar-refractivity contribution in [2.24, 2.45) is 5.14 Å². The average molecular weight is 331 g/mol. The van der Waals surface area contributed by atoms with Crippen LogP contribution in [0.4, 0.5) is 0 Å². The van der Waals surface area contributed by atoms with Gasteiger partial charge in [-0.15, -0.1) is 0 Å². The van der Waals surface area contributed by atoms with Gasteiger partial charge in [0.2, 0.25) is 0 Å². The van der Waals surface area contributed by atoms with Crippen LogP contribution in [0.1, 0.15) is 11.3 Å². The van der Waals surface area contributed by atoms with Crippen molar-refractivity contribution in [3.63, 3.8) is 0 Å². The Hall–Kier alpha value is -2.64. The standard InChI is InChI=1S/C16H13NO5S/c17-23(19,20)22-12-6-7-16-14(9-12)15(18)10-13(21-16)8-11-4-2-1-3-5-11/h1-7,9-10H,8H2,(H2,17,19,20). The van der Waals surface area contributed by atoms with Crippen LogP contribution in [0.25, 0.3) is 11.0 Å².